The quantitative estimate of drug-likeness (QED) is 0.275. The summed E-state index contributed by atoms with van der Waals surface area (Å²) in [6.07, 6.45) is 1.21. The Kier molecular flexibility index (Phi) is 5.09. The summed E-state index contributed by atoms with van der Waals surface area (Å²) >= 11 is 0. The average Bonchev–Trinajstić information content (AvgIpc) is 2.35. The third-order valence-corrected chi connectivity index (χ3v) is 2.90. The maximum Gasteiger partial charge on any atom is 0.167 e. The van der Waals surface area contributed by atoms with E-state index in [1.54, 1.807) is 0 Å². The van der Waals surface area contributed by atoms with Crippen molar-refractivity contribution in [3.63, 3.8) is 0 Å². The van der Waals surface area contributed by atoms with Gasteiger partial charge in [-0.2, -0.15) is 0 Å². The van der Waals surface area contributed by atoms with Gasteiger partial charge in [-0.15, -0.1) is 0 Å². The Labute approximate surface area is 110 Å². The van der Waals surface area contributed by atoms with E-state index in [0.717, 1.165) is 12.1 Å². The van der Waals surface area contributed by atoms with Crippen LogP contribution in [-0.2, 0) is 0 Å². The summed E-state index contributed by atoms with van der Waals surface area (Å²) < 4.78 is 31.1. The number of halogens is 2. The van der Waals surface area contributed by atoms with Crippen molar-refractivity contribution in [2.45, 2.75) is 26.7 Å². The molecule has 0 amide bonds. The smallest absolute Gasteiger partial charge is 0.167 e. The highest BCUT2D eigenvalue weighted by Gasteiger charge is 2.23. The van der Waals surface area contributed by atoms with Crippen molar-refractivity contribution in [3.8, 4) is 5.75 Å². The van der Waals surface area contributed by atoms with E-state index in [4.69, 9.17) is 15.7 Å². The van der Waals surface area contributed by atoms with E-state index < -0.39 is 17.0 Å². The molecule has 0 unspecified atom stereocenters. The lowest BCUT2D eigenvalue weighted by Crippen LogP contribution is -2.32. The molecule has 0 bridgehead atoms. The van der Waals surface area contributed by atoms with Crippen molar-refractivity contribution < 1.29 is 18.7 Å². The van der Waals surface area contributed by atoms with Gasteiger partial charge >= 0.3 is 0 Å². The first-order valence-corrected chi connectivity index (χ1v) is 5.92. The molecule has 6 heteroatoms. The molecule has 0 saturated carbocycles. The van der Waals surface area contributed by atoms with E-state index in [0.29, 0.717) is 12.8 Å². The summed E-state index contributed by atoms with van der Waals surface area (Å²) in [5.74, 6) is -1.21. The highest BCUT2D eigenvalue weighted by molar-refractivity contribution is 5.85. The van der Waals surface area contributed by atoms with Gasteiger partial charge in [-0.25, -0.2) is 8.78 Å². The predicted molar refractivity (Wildman–Crippen MR) is 68.3 cm³/mol. The van der Waals surface area contributed by atoms with Crippen molar-refractivity contribution >= 4 is 5.84 Å². The Balaban J connectivity index is 2.43. The molecule has 0 heterocycles. The fourth-order valence-electron chi connectivity index (χ4n) is 1.55. The first-order chi connectivity index (χ1) is 8.86. The highest BCUT2D eigenvalue weighted by Crippen LogP contribution is 2.23. The minimum atomic E-state index is -0.726. The van der Waals surface area contributed by atoms with Gasteiger partial charge in [-0.1, -0.05) is 19.0 Å². The van der Waals surface area contributed by atoms with Crippen LogP contribution in [0, 0.1) is 17.0 Å². The Morgan fingerprint density at radius 3 is 2.68 bits per heavy atom. The van der Waals surface area contributed by atoms with Crippen LogP contribution in [-0.4, -0.2) is 17.6 Å². The molecule has 0 aliphatic carbocycles. The molecular formula is C13H18F2N2O2. The molecule has 0 atom stereocenters. The fraction of sp³-hybridized carbons (Fsp3) is 0.462. The van der Waals surface area contributed by atoms with Crippen molar-refractivity contribution in [1.82, 2.24) is 0 Å². The van der Waals surface area contributed by atoms with Gasteiger partial charge in [0.2, 0.25) is 0 Å². The summed E-state index contributed by atoms with van der Waals surface area (Å²) in [5.41, 5.74) is 5.08. The second-order valence-electron chi connectivity index (χ2n) is 4.90. The number of nitrogens with zero attached hydrogens (tertiary/aromatic N) is 1. The molecule has 3 N–H and O–H groups in total. The molecule has 0 aliphatic rings. The number of oxime groups is 1. The molecule has 4 nitrogen and oxygen atoms in total. The summed E-state index contributed by atoms with van der Waals surface area (Å²) in [4.78, 5) is 0. The van der Waals surface area contributed by atoms with Crippen molar-refractivity contribution in [2.24, 2.45) is 16.3 Å². The Morgan fingerprint density at radius 1 is 1.42 bits per heavy atom. The van der Waals surface area contributed by atoms with Crippen LogP contribution in [0.4, 0.5) is 8.78 Å². The molecule has 1 aromatic rings. The Bertz CT molecular complexity index is 462. The molecule has 19 heavy (non-hydrogen) atoms. The molecule has 106 valence electrons. The summed E-state index contributed by atoms with van der Waals surface area (Å²) in [6, 6.07) is 3.16. The van der Waals surface area contributed by atoms with Crippen LogP contribution in [0.2, 0.25) is 0 Å². The second-order valence-corrected chi connectivity index (χ2v) is 4.90. The zero-order valence-corrected chi connectivity index (χ0v) is 11.0. The third-order valence-electron chi connectivity index (χ3n) is 2.90. The minimum Gasteiger partial charge on any atom is -0.491 e. The van der Waals surface area contributed by atoms with Crippen molar-refractivity contribution in [2.75, 3.05) is 6.61 Å². The van der Waals surface area contributed by atoms with E-state index in [1.165, 1.54) is 6.07 Å². The maximum atomic E-state index is 13.3. The SMILES string of the molecule is CC(C)(CCCOc1ccc(F)cc1F)C(N)=NO. The van der Waals surface area contributed by atoms with E-state index in [9.17, 15) is 8.78 Å². The van der Waals surface area contributed by atoms with E-state index in [2.05, 4.69) is 5.16 Å². The van der Waals surface area contributed by atoms with Crippen molar-refractivity contribution in [1.29, 1.82) is 0 Å². The van der Waals surface area contributed by atoms with E-state index in [1.807, 2.05) is 13.8 Å². The van der Waals surface area contributed by atoms with Crippen LogP contribution in [0.5, 0.6) is 5.75 Å². The van der Waals surface area contributed by atoms with Gasteiger partial charge in [-0.05, 0) is 25.0 Å². The zero-order valence-electron chi connectivity index (χ0n) is 11.0. The van der Waals surface area contributed by atoms with E-state index in [-0.39, 0.29) is 18.2 Å². The molecule has 0 aliphatic heterocycles. The topological polar surface area (TPSA) is 67.8 Å². The van der Waals surface area contributed by atoms with Crippen LogP contribution in [0.3, 0.4) is 0 Å². The van der Waals surface area contributed by atoms with Crippen LogP contribution in [0.15, 0.2) is 23.4 Å². The summed E-state index contributed by atoms with van der Waals surface area (Å²) in [6.45, 7) is 3.94. The predicted octanol–water partition coefficient (Wildman–Crippen LogP) is 2.90. The standard InChI is InChI=1S/C13H18F2N2O2/c1-13(2,12(16)17-18)6-3-7-19-11-5-4-9(14)8-10(11)15/h4-5,8,18H,3,6-7H2,1-2H3,(H2,16,17). The molecule has 0 saturated heterocycles. The molecule has 0 aromatic heterocycles. The van der Waals surface area contributed by atoms with Crippen LogP contribution in [0.25, 0.3) is 0 Å². The van der Waals surface area contributed by atoms with E-state index >= 15 is 0 Å². The third kappa shape index (κ3) is 4.39. The number of amidine groups is 1. The number of nitrogens with two attached hydrogens (primary N) is 1. The molecule has 1 aromatic carbocycles. The summed E-state index contributed by atoms with van der Waals surface area (Å²) in [5, 5.41) is 11.6. The number of benzene rings is 1. The maximum absolute atomic E-state index is 13.3. The lowest BCUT2D eigenvalue weighted by atomic mass is 9.87. The van der Waals surface area contributed by atoms with Crippen LogP contribution in [0.1, 0.15) is 26.7 Å². The molecule has 1 rings (SSSR count). The largest absolute Gasteiger partial charge is 0.491 e. The van der Waals surface area contributed by atoms with Gasteiger partial charge in [-0.3, -0.25) is 0 Å². The van der Waals surface area contributed by atoms with Gasteiger partial charge in [0.15, 0.2) is 11.6 Å². The monoisotopic (exact) mass is 272 g/mol. The molecule has 0 fully saturated rings. The van der Waals surface area contributed by atoms with Gasteiger partial charge in [0.1, 0.15) is 11.7 Å². The fourth-order valence-corrected chi connectivity index (χ4v) is 1.55. The number of hydrogen-bond acceptors (Lipinski definition) is 3. The zero-order chi connectivity index (χ0) is 14.5. The number of rotatable bonds is 6. The van der Waals surface area contributed by atoms with Gasteiger partial charge in [0.25, 0.3) is 0 Å². The first kappa shape index (κ1) is 15.2. The van der Waals surface area contributed by atoms with Gasteiger partial charge in [0, 0.05) is 11.5 Å². The second kappa shape index (κ2) is 6.36. The minimum absolute atomic E-state index is 0.0167. The Hall–Kier alpha value is -1.85. The molecular weight excluding hydrogens is 254 g/mol. The highest BCUT2D eigenvalue weighted by atomic mass is 19.1. The lowest BCUT2D eigenvalue weighted by molar-refractivity contribution is 0.268. The lowest BCUT2D eigenvalue weighted by Gasteiger charge is -2.22. The molecule has 0 radical (unpaired) electrons. The van der Waals surface area contributed by atoms with Crippen LogP contribution < -0.4 is 10.5 Å². The van der Waals surface area contributed by atoms with Gasteiger partial charge in [0.05, 0.1) is 6.61 Å². The summed E-state index contributed by atoms with van der Waals surface area (Å²) in [7, 11) is 0. The van der Waals surface area contributed by atoms with Crippen molar-refractivity contribution in [3.05, 3.63) is 29.8 Å². The average molecular weight is 272 g/mol. The number of ether oxygens (including phenoxy) is 1. The normalized spacial score (nSPS) is 12.5. The first-order valence-electron chi connectivity index (χ1n) is 5.92. The van der Waals surface area contributed by atoms with Crippen LogP contribution >= 0.6 is 0 Å². The van der Waals surface area contributed by atoms with Gasteiger partial charge < -0.3 is 15.7 Å². The number of hydrogen-bond donors (Lipinski definition) is 2. The molecule has 0 spiro atoms. The Morgan fingerprint density at radius 2 is 2.11 bits per heavy atom.